The van der Waals surface area contributed by atoms with E-state index in [9.17, 15) is 9.18 Å². The van der Waals surface area contributed by atoms with E-state index in [1.54, 1.807) is 55.6 Å². The predicted octanol–water partition coefficient (Wildman–Crippen LogP) is 5.91. The predicted molar refractivity (Wildman–Crippen MR) is 106 cm³/mol. The highest BCUT2D eigenvalue weighted by molar-refractivity contribution is 6.30. The Morgan fingerprint density at radius 2 is 1.63 bits per heavy atom. The van der Waals surface area contributed by atoms with Crippen molar-refractivity contribution in [2.24, 2.45) is 0 Å². The minimum Gasteiger partial charge on any atom is -0.497 e. The highest BCUT2D eigenvalue weighted by Crippen LogP contribution is 2.26. The molecular formula is C22H19ClFNO2. The summed E-state index contributed by atoms with van der Waals surface area (Å²) in [5, 5.41) is 3.94. The number of anilines is 1. The fraction of sp³-hybridized carbons (Fsp3) is 0.136. The number of carbonyl (C=O) groups excluding carboxylic acids is 1. The Bertz CT molecular complexity index is 893. The Morgan fingerprint density at radius 1 is 1.00 bits per heavy atom. The lowest BCUT2D eigenvalue weighted by atomic mass is 9.97. The van der Waals surface area contributed by atoms with Crippen LogP contribution in [0.15, 0.2) is 72.8 Å². The molecular weight excluding hydrogens is 365 g/mol. The third-order valence-corrected chi connectivity index (χ3v) is 4.51. The largest absolute Gasteiger partial charge is 0.497 e. The van der Waals surface area contributed by atoms with Gasteiger partial charge in [-0.3, -0.25) is 4.79 Å². The first kappa shape index (κ1) is 18.9. The lowest BCUT2D eigenvalue weighted by Gasteiger charge is -2.20. The second kappa shape index (κ2) is 8.69. The van der Waals surface area contributed by atoms with Gasteiger partial charge in [0.05, 0.1) is 13.2 Å². The maximum absolute atomic E-state index is 13.2. The fourth-order valence-corrected chi connectivity index (χ4v) is 2.90. The average Bonchev–Trinajstić information content (AvgIpc) is 2.70. The Morgan fingerprint density at radius 3 is 2.22 bits per heavy atom. The molecule has 0 saturated heterocycles. The van der Waals surface area contributed by atoms with Crippen LogP contribution in [0.2, 0.25) is 5.02 Å². The van der Waals surface area contributed by atoms with Crippen molar-refractivity contribution in [3.8, 4) is 5.75 Å². The highest BCUT2D eigenvalue weighted by Gasteiger charge is 2.18. The molecule has 3 aromatic carbocycles. The molecule has 0 spiro atoms. The summed E-state index contributed by atoms with van der Waals surface area (Å²) in [6.07, 6.45) is 0.241. The Labute approximate surface area is 162 Å². The van der Waals surface area contributed by atoms with E-state index < -0.39 is 0 Å². The van der Waals surface area contributed by atoms with Crippen molar-refractivity contribution in [2.45, 2.75) is 12.5 Å². The van der Waals surface area contributed by atoms with Gasteiger partial charge in [-0.15, -0.1) is 0 Å². The first-order valence-electron chi connectivity index (χ1n) is 8.50. The monoisotopic (exact) mass is 383 g/mol. The lowest BCUT2D eigenvalue weighted by molar-refractivity contribution is 0.0976. The second-order valence-corrected chi connectivity index (χ2v) is 6.55. The fourth-order valence-electron chi connectivity index (χ4n) is 2.77. The van der Waals surface area contributed by atoms with E-state index in [4.69, 9.17) is 16.3 Å². The summed E-state index contributed by atoms with van der Waals surface area (Å²) >= 11 is 5.98. The van der Waals surface area contributed by atoms with Crippen LogP contribution in [0.1, 0.15) is 28.4 Å². The Kier molecular flexibility index (Phi) is 6.09. The molecule has 1 N–H and O–H groups in total. The summed E-state index contributed by atoms with van der Waals surface area (Å²) in [5.41, 5.74) is 2.26. The number of Topliss-reactive ketones (excluding diaryl/α,β-unsaturated/α-hetero) is 1. The minimum absolute atomic E-state index is 0.00721. The second-order valence-electron chi connectivity index (χ2n) is 6.11. The van der Waals surface area contributed by atoms with Crippen LogP contribution in [0, 0.1) is 5.82 Å². The van der Waals surface area contributed by atoms with Gasteiger partial charge in [-0.05, 0) is 66.2 Å². The molecule has 0 saturated carbocycles. The first-order valence-corrected chi connectivity index (χ1v) is 8.88. The van der Waals surface area contributed by atoms with Crippen LogP contribution < -0.4 is 10.1 Å². The molecule has 27 heavy (non-hydrogen) atoms. The van der Waals surface area contributed by atoms with E-state index in [1.807, 2.05) is 12.1 Å². The van der Waals surface area contributed by atoms with Crippen molar-refractivity contribution in [1.82, 2.24) is 0 Å². The molecule has 0 aliphatic carbocycles. The number of carbonyl (C=O) groups is 1. The quantitative estimate of drug-likeness (QED) is 0.515. The standard InChI is InChI=1S/C22H19ClFNO2/c1-27-20-12-4-16(5-13-20)22(26)14-21(15-2-6-17(23)7-3-15)25-19-10-8-18(24)9-11-19/h2-13,21,25H,14H2,1H3/t21-/m1/s1. The smallest absolute Gasteiger partial charge is 0.165 e. The molecule has 5 heteroatoms. The maximum Gasteiger partial charge on any atom is 0.165 e. The summed E-state index contributed by atoms with van der Waals surface area (Å²) < 4.78 is 18.3. The molecule has 3 rings (SSSR count). The van der Waals surface area contributed by atoms with Gasteiger partial charge in [-0.2, -0.15) is 0 Å². The van der Waals surface area contributed by atoms with Crippen LogP contribution in [0.5, 0.6) is 5.75 Å². The third kappa shape index (κ3) is 5.08. The molecule has 0 fully saturated rings. The summed E-state index contributed by atoms with van der Waals surface area (Å²) in [5.74, 6) is 0.385. The molecule has 0 aliphatic rings. The molecule has 0 aliphatic heterocycles. The van der Waals surface area contributed by atoms with Crippen LogP contribution in [-0.4, -0.2) is 12.9 Å². The van der Waals surface area contributed by atoms with Crippen molar-refractivity contribution >= 4 is 23.1 Å². The molecule has 0 amide bonds. The topological polar surface area (TPSA) is 38.3 Å². The summed E-state index contributed by atoms with van der Waals surface area (Å²) in [6.45, 7) is 0. The van der Waals surface area contributed by atoms with Crippen LogP contribution in [0.3, 0.4) is 0 Å². The molecule has 3 nitrogen and oxygen atoms in total. The van der Waals surface area contributed by atoms with E-state index in [0.717, 1.165) is 11.3 Å². The van der Waals surface area contributed by atoms with Crippen LogP contribution >= 0.6 is 11.6 Å². The molecule has 0 heterocycles. The van der Waals surface area contributed by atoms with Gasteiger partial charge in [0, 0.05) is 22.7 Å². The zero-order valence-electron chi connectivity index (χ0n) is 14.8. The number of methoxy groups -OCH3 is 1. The van der Waals surface area contributed by atoms with Gasteiger partial charge in [0.1, 0.15) is 11.6 Å². The van der Waals surface area contributed by atoms with Gasteiger partial charge in [0.15, 0.2) is 5.78 Å². The number of ketones is 1. The van der Waals surface area contributed by atoms with E-state index >= 15 is 0 Å². The Hall–Kier alpha value is -2.85. The minimum atomic E-state index is -0.307. The zero-order valence-corrected chi connectivity index (χ0v) is 15.5. The van der Waals surface area contributed by atoms with Gasteiger partial charge in [-0.1, -0.05) is 23.7 Å². The molecule has 138 valence electrons. The molecule has 0 radical (unpaired) electrons. The normalized spacial score (nSPS) is 11.7. The highest BCUT2D eigenvalue weighted by atomic mass is 35.5. The van der Waals surface area contributed by atoms with Crippen molar-refractivity contribution in [2.75, 3.05) is 12.4 Å². The van der Waals surface area contributed by atoms with Crippen LogP contribution in [0.25, 0.3) is 0 Å². The van der Waals surface area contributed by atoms with E-state index in [0.29, 0.717) is 16.3 Å². The third-order valence-electron chi connectivity index (χ3n) is 4.26. The van der Waals surface area contributed by atoms with Crippen LogP contribution in [0.4, 0.5) is 10.1 Å². The van der Waals surface area contributed by atoms with E-state index in [1.165, 1.54) is 12.1 Å². The zero-order chi connectivity index (χ0) is 19.2. The average molecular weight is 384 g/mol. The van der Waals surface area contributed by atoms with Gasteiger partial charge in [0.2, 0.25) is 0 Å². The first-order chi connectivity index (χ1) is 13.0. The van der Waals surface area contributed by atoms with Gasteiger partial charge in [0.25, 0.3) is 0 Å². The number of halogens is 2. The van der Waals surface area contributed by atoms with Gasteiger partial charge in [-0.25, -0.2) is 4.39 Å². The summed E-state index contributed by atoms with van der Waals surface area (Å²) in [4.78, 5) is 12.8. The number of ether oxygens (including phenoxy) is 1. The molecule has 0 aromatic heterocycles. The number of benzene rings is 3. The maximum atomic E-state index is 13.2. The lowest BCUT2D eigenvalue weighted by Crippen LogP contribution is -2.16. The molecule has 3 aromatic rings. The van der Waals surface area contributed by atoms with Gasteiger partial charge < -0.3 is 10.1 Å². The van der Waals surface area contributed by atoms with Crippen LogP contribution in [-0.2, 0) is 0 Å². The van der Waals surface area contributed by atoms with Crippen molar-refractivity contribution in [3.63, 3.8) is 0 Å². The van der Waals surface area contributed by atoms with E-state index in [-0.39, 0.29) is 24.1 Å². The summed E-state index contributed by atoms with van der Waals surface area (Å²) in [6, 6.07) is 20.1. The van der Waals surface area contributed by atoms with Crippen molar-refractivity contribution in [3.05, 3.63) is 94.8 Å². The van der Waals surface area contributed by atoms with E-state index in [2.05, 4.69) is 5.32 Å². The SMILES string of the molecule is COc1ccc(C(=O)C[C@@H](Nc2ccc(F)cc2)c2ccc(Cl)cc2)cc1. The Balaban J connectivity index is 1.82. The molecule has 0 unspecified atom stereocenters. The number of hydrogen-bond acceptors (Lipinski definition) is 3. The number of rotatable bonds is 7. The van der Waals surface area contributed by atoms with Crippen molar-refractivity contribution in [1.29, 1.82) is 0 Å². The molecule has 0 bridgehead atoms. The van der Waals surface area contributed by atoms with Gasteiger partial charge >= 0.3 is 0 Å². The number of hydrogen-bond donors (Lipinski definition) is 1. The number of nitrogens with one attached hydrogen (secondary N) is 1. The summed E-state index contributed by atoms with van der Waals surface area (Å²) in [7, 11) is 1.58. The molecule has 1 atom stereocenters. The van der Waals surface area contributed by atoms with Crippen molar-refractivity contribution < 1.29 is 13.9 Å².